The van der Waals surface area contributed by atoms with Crippen LogP contribution in [-0.2, 0) is 0 Å². The third-order valence-electron chi connectivity index (χ3n) is 3.47. The van der Waals surface area contributed by atoms with Crippen LogP contribution >= 0.6 is 11.3 Å². The summed E-state index contributed by atoms with van der Waals surface area (Å²) in [5.41, 5.74) is 0.995. The number of nitrogens with zero attached hydrogens (tertiary/aromatic N) is 1. The van der Waals surface area contributed by atoms with Crippen molar-refractivity contribution in [2.45, 2.75) is 20.8 Å². The number of hydrogen-bond donors (Lipinski definition) is 0. The smallest absolute Gasteiger partial charge is 0.353 e. The minimum Gasteiger partial charge on any atom is -0.422 e. The Hall–Kier alpha value is -2.47. The van der Waals surface area contributed by atoms with Gasteiger partial charge in [-0.1, -0.05) is 29.5 Å². The number of rotatable bonds is 2. The molecule has 0 N–H and O–H groups in total. The predicted octanol–water partition coefficient (Wildman–Crippen LogP) is 3.39. The number of aromatic nitrogens is 1. The molecule has 112 valence electrons. The van der Waals surface area contributed by atoms with E-state index in [0.29, 0.717) is 16.5 Å². The Bertz CT molecular complexity index is 919. The van der Waals surface area contributed by atoms with Crippen LogP contribution in [0.3, 0.4) is 0 Å². The summed E-state index contributed by atoms with van der Waals surface area (Å²) in [6.45, 7) is 5.42. The molecule has 2 aromatic heterocycles. The lowest BCUT2D eigenvalue weighted by atomic mass is 10.1. The van der Waals surface area contributed by atoms with Crippen LogP contribution in [0.1, 0.15) is 26.5 Å². The molecule has 0 spiro atoms. The number of ether oxygens (including phenoxy) is 1. The normalized spacial score (nSPS) is 10.9. The molecule has 0 fully saturated rings. The van der Waals surface area contributed by atoms with Crippen LogP contribution in [0.2, 0.25) is 0 Å². The summed E-state index contributed by atoms with van der Waals surface area (Å²) in [4.78, 5) is 29.5. The average molecular weight is 315 g/mol. The number of fused-ring (bicyclic) bond motifs is 1. The van der Waals surface area contributed by atoms with Crippen LogP contribution < -0.4 is 10.4 Å². The molecule has 0 aliphatic rings. The molecule has 0 amide bonds. The van der Waals surface area contributed by atoms with E-state index in [0.717, 1.165) is 10.6 Å². The van der Waals surface area contributed by atoms with Crippen LogP contribution in [0.4, 0.5) is 0 Å². The van der Waals surface area contributed by atoms with Crippen molar-refractivity contribution in [2.75, 3.05) is 0 Å². The molecular weight excluding hydrogens is 302 g/mol. The van der Waals surface area contributed by atoms with Gasteiger partial charge in [-0.25, -0.2) is 14.6 Å². The quantitative estimate of drug-likeness (QED) is 0.535. The third-order valence-corrected chi connectivity index (χ3v) is 4.42. The Balaban J connectivity index is 2.05. The van der Waals surface area contributed by atoms with E-state index < -0.39 is 11.6 Å². The molecule has 5 nitrogen and oxygen atoms in total. The Kier molecular flexibility index (Phi) is 3.54. The van der Waals surface area contributed by atoms with Crippen molar-refractivity contribution < 1.29 is 13.9 Å². The second-order valence-electron chi connectivity index (χ2n) is 4.90. The number of esters is 1. The Labute approximate surface area is 130 Å². The van der Waals surface area contributed by atoms with Crippen molar-refractivity contribution >= 4 is 28.3 Å². The second-order valence-corrected chi connectivity index (χ2v) is 6.06. The fourth-order valence-corrected chi connectivity index (χ4v) is 2.91. The van der Waals surface area contributed by atoms with Gasteiger partial charge in [0.15, 0.2) is 0 Å². The van der Waals surface area contributed by atoms with E-state index in [2.05, 4.69) is 4.98 Å². The number of para-hydroxylation sites is 1. The maximum absolute atomic E-state index is 12.3. The zero-order chi connectivity index (χ0) is 15.9. The minimum atomic E-state index is -0.745. The number of aryl methyl sites for hydroxylation is 3. The van der Waals surface area contributed by atoms with Crippen molar-refractivity contribution in [2.24, 2.45) is 0 Å². The molecule has 2 heterocycles. The topological polar surface area (TPSA) is 69.4 Å². The first-order valence-corrected chi connectivity index (χ1v) is 7.47. The largest absolute Gasteiger partial charge is 0.422 e. The van der Waals surface area contributed by atoms with Gasteiger partial charge in [0.1, 0.15) is 11.1 Å². The van der Waals surface area contributed by atoms with Gasteiger partial charge in [0.25, 0.3) is 5.19 Å². The zero-order valence-electron chi connectivity index (χ0n) is 12.3. The number of carbonyl (C=O) groups excluding carboxylic acids is 1. The monoisotopic (exact) mass is 315 g/mol. The summed E-state index contributed by atoms with van der Waals surface area (Å²) in [7, 11) is 0. The van der Waals surface area contributed by atoms with Gasteiger partial charge in [-0.05, 0) is 32.4 Å². The molecule has 0 radical (unpaired) electrons. The van der Waals surface area contributed by atoms with Gasteiger partial charge in [0.05, 0.1) is 5.69 Å². The van der Waals surface area contributed by atoms with Gasteiger partial charge in [-0.15, -0.1) is 0 Å². The molecule has 1 aromatic carbocycles. The summed E-state index contributed by atoms with van der Waals surface area (Å²) in [5, 5.41) is 0.938. The highest BCUT2D eigenvalue weighted by Crippen LogP contribution is 2.25. The maximum atomic E-state index is 12.3. The van der Waals surface area contributed by atoms with Crippen LogP contribution in [0.15, 0.2) is 33.5 Å². The van der Waals surface area contributed by atoms with E-state index in [-0.39, 0.29) is 10.8 Å². The van der Waals surface area contributed by atoms with Gasteiger partial charge < -0.3 is 9.15 Å². The standard InChI is InChI=1S/C16H13NO4S/c1-8-11-6-4-5-7-12(11)20-14(18)13(8)15(19)21-16-17-9(2)10(3)22-16/h4-7H,1-3H3. The minimum absolute atomic E-state index is 0.0933. The van der Waals surface area contributed by atoms with E-state index in [1.807, 2.05) is 19.9 Å². The molecule has 22 heavy (non-hydrogen) atoms. The summed E-state index contributed by atoms with van der Waals surface area (Å²) in [6, 6.07) is 7.07. The van der Waals surface area contributed by atoms with Crippen LogP contribution in [0.25, 0.3) is 11.0 Å². The van der Waals surface area contributed by atoms with Crippen LogP contribution in [0, 0.1) is 20.8 Å². The molecule has 0 atom stereocenters. The highest BCUT2D eigenvalue weighted by Gasteiger charge is 2.21. The van der Waals surface area contributed by atoms with Gasteiger partial charge >= 0.3 is 11.6 Å². The summed E-state index contributed by atoms with van der Waals surface area (Å²) >= 11 is 1.27. The Morgan fingerprint density at radius 2 is 1.95 bits per heavy atom. The second kappa shape index (κ2) is 5.38. The zero-order valence-corrected chi connectivity index (χ0v) is 13.1. The fraction of sp³-hybridized carbons (Fsp3) is 0.188. The van der Waals surface area contributed by atoms with E-state index in [9.17, 15) is 9.59 Å². The van der Waals surface area contributed by atoms with Gasteiger partial charge in [0, 0.05) is 10.3 Å². The van der Waals surface area contributed by atoms with Crippen LogP contribution in [-0.4, -0.2) is 11.0 Å². The average Bonchev–Trinajstić information content (AvgIpc) is 2.77. The molecule has 0 aliphatic carbocycles. The lowest BCUT2D eigenvalue weighted by molar-refractivity contribution is 0.0729. The number of thiazole rings is 1. The summed E-state index contributed by atoms with van der Waals surface area (Å²) in [5.74, 6) is -0.745. The van der Waals surface area contributed by atoms with E-state index in [1.165, 1.54) is 11.3 Å². The maximum Gasteiger partial charge on any atom is 0.353 e. The first kappa shape index (κ1) is 14.5. The fourth-order valence-electron chi connectivity index (χ4n) is 2.16. The lowest BCUT2D eigenvalue weighted by Gasteiger charge is -2.06. The molecule has 0 saturated heterocycles. The van der Waals surface area contributed by atoms with E-state index >= 15 is 0 Å². The molecule has 3 rings (SSSR count). The molecule has 0 bridgehead atoms. The van der Waals surface area contributed by atoms with Crippen LogP contribution in [0.5, 0.6) is 5.19 Å². The summed E-state index contributed by atoms with van der Waals surface area (Å²) in [6.07, 6.45) is 0. The highest BCUT2D eigenvalue weighted by atomic mass is 32.1. The van der Waals surface area contributed by atoms with Gasteiger partial charge in [-0.3, -0.25) is 0 Å². The lowest BCUT2D eigenvalue weighted by Crippen LogP contribution is -2.20. The Morgan fingerprint density at radius 1 is 1.23 bits per heavy atom. The molecule has 3 aromatic rings. The van der Waals surface area contributed by atoms with Crippen molar-refractivity contribution in [3.63, 3.8) is 0 Å². The van der Waals surface area contributed by atoms with Gasteiger partial charge in [0.2, 0.25) is 0 Å². The van der Waals surface area contributed by atoms with E-state index in [1.54, 1.807) is 25.1 Å². The number of benzene rings is 1. The van der Waals surface area contributed by atoms with Crippen molar-refractivity contribution in [3.8, 4) is 5.19 Å². The van der Waals surface area contributed by atoms with E-state index in [4.69, 9.17) is 9.15 Å². The first-order valence-electron chi connectivity index (χ1n) is 6.66. The third kappa shape index (κ3) is 2.42. The SMILES string of the molecule is Cc1nc(OC(=O)c2c(C)c3ccccc3oc2=O)sc1C. The van der Waals surface area contributed by atoms with Gasteiger partial charge in [-0.2, -0.15) is 0 Å². The summed E-state index contributed by atoms with van der Waals surface area (Å²) < 4.78 is 10.4. The van der Waals surface area contributed by atoms with Crippen molar-refractivity contribution in [3.05, 3.63) is 56.4 Å². The molecule has 6 heteroatoms. The predicted molar refractivity (Wildman–Crippen MR) is 83.8 cm³/mol. The molecular formula is C16H13NO4S. The van der Waals surface area contributed by atoms with Crippen molar-refractivity contribution in [1.29, 1.82) is 0 Å². The van der Waals surface area contributed by atoms with Crippen molar-refractivity contribution in [1.82, 2.24) is 4.98 Å². The number of hydrogen-bond acceptors (Lipinski definition) is 6. The molecule has 0 unspecified atom stereocenters. The Morgan fingerprint density at radius 3 is 2.64 bits per heavy atom. The first-order chi connectivity index (χ1) is 10.5. The molecule has 0 aliphatic heterocycles. The highest BCUT2D eigenvalue weighted by molar-refractivity contribution is 7.13. The number of carbonyl (C=O) groups is 1. The molecule has 0 saturated carbocycles.